The topological polar surface area (TPSA) is 88.3 Å². The van der Waals surface area contributed by atoms with Crippen molar-refractivity contribution in [3.8, 4) is 0 Å². The summed E-state index contributed by atoms with van der Waals surface area (Å²) in [5.41, 5.74) is 6.54. The van der Waals surface area contributed by atoms with Crippen molar-refractivity contribution in [1.82, 2.24) is 14.0 Å². The molecule has 2 rings (SSSR count). The van der Waals surface area contributed by atoms with Gasteiger partial charge < -0.3 is 5.73 Å². The number of aryl methyl sites for hydroxylation is 1. The van der Waals surface area contributed by atoms with Crippen LogP contribution in [0.4, 0.5) is 0 Å². The Kier molecular flexibility index (Phi) is 5.14. The van der Waals surface area contributed by atoms with Crippen LogP contribution in [0.25, 0.3) is 0 Å². The molecule has 0 aromatic carbocycles. The van der Waals surface area contributed by atoms with Crippen molar-refractivity contribution >= 4 is 21.5 Å². The van der Waals surface area contributed by atoms with E-state index in [-0.39, 0.29) is 6.04 Å². The van der Waals surface area contributed by atoms with Crippen LogP contribution >= 0.6 is 11.3 Å². The molecule has 114 valence electrons. The standard InChI is InChI=1S/C12H22N4O2S2/c1-9-8-19-12(14-9)10(2)15-20(17,18)16-5-3-11(7-13)4-6-16/h8,10-11,15H,3-7,13H2,1-2H3. The van der Waals surface area contributed by atoms with Gasteiger partial charge in [-0.2, -0.15) is 17.4 Å². The quantitative estimate of drug-likeness (QED) is 0.848. The monoisotopic (exact) mass is 318 g/mol. The fourth-order valence-electron chi connectivity index (χ4n) is 2.30. The highest BCUT2D eigenvalue weighted by atomic mass is 32.2. The molecule has 1 aliphatic heterocycles. The Morgan fingerprint density at radius 3 is 2.70 bits per heavy atom. The van der Waals surface area contributed by atoms with Gasteiger partial charge in [-0.15, -0.1) is 11.3 Å². The first-order valence-corrected chi connectivity index (χ1v) is 9.14. The Morgan fingerprint density at radius 1 is 1.55 bits per heavy atom. The van der Waals surface area contributed by atoms with E-state index in [2.05, 4.69) is 9.71 Å². The van der Waals surface area contributed by atoms with Gasteiger partial charge in [-0.1, -0.05) is 0 Å². The average Bonchev–Trinajstić information content (AvgIpc) is 2.85. The van der Waals surface area contributed by atoms with Crippen LogP contribution in [0.5, 0.6) is 0 Å². The van der Waals surface area contributed by atoms with E-state index < -0.39 is 10.2 Å². The number of thiazole rings is 1. The molecule has 1 unspecified atom stereocenters. The number of nitrogens with zero attached hydrogens (tertiary/aromatic N) is 2. The third-order valence-corrected chi connectivity index (χ3v) is 6.42. The Morgan fingerprint density at radius 2 is 2.20 bits per heavy atom. The highest BCUT2D eigenvalue weighted by Crippen LogP contribution is 2.21. The molecule has 1 atom stereocenters. The van der Waals surface area contributed by atoms with Gasteiger partial charge in [0.2, 0.25) is 0 Å². The number of hydrogen-bond donors (Lipinski definition) is 2. The van der Waals surface area contributed by atoms with E-state index in [4.69, 9.17) is 5.73 Å². The molecule has 1 aliphatic rings. The molecule has 0 bridgehead atoms. The Balaban J connectivity index is 1.97. The lowest BCUT2D eigenvalue weighted by Gasteiger charge is -2.31. The second-order valence-electron chi connectivity index (χ2n) is 5.25. The van der Waals surface area contributed by atoms with Crippen LogP contribution in [0.3, 0.4) is 0 Å². The van der Waals surface area contributed by atoms with E-state index in [1.54, 1.807) is 0 Å². The van der Waals surface area contributed by atoms with Crippen molar-refractivity contribution in [2.75, 3.05) is 19.6 Å². The number of piperidine rings is 1. The molecule has 0 radical (unpaired) electrons. The van der Waals surface area contributed by atoms with Gasteiger partial charge in [0, 0.05) is 24.2 Å². The summed E-state index contributed by atoms with van der Waals surface area (Å²) in [4.78, 5) is 4.32. The molecule has 3 N–H and O–H groups in total. The van der Waals surface area contributed by atoms with Gasteiger partial charge in [0.15, 0.2) is 0 Å². The first-order valence-electron chi connectivity index (χ1n) is 6.82. The van der Waals surface area contributed by atoms with Gasteiger partial charge >= 0.3 is 0 Å². The number of nitrogens with one attached hydrogen (secondary N) is 1. The first-order chi connectivity index (χ1) is 9.42. The van der Waals surface area contributed by atoms with E-state index in [0.717, 1.165) is 23.5 Å². The minimum atomic E-state index is -3.44. The number of nitrogens with two attached hydrogens (primary N) is 1. The van der Waals surface area contributed by atoms with Crippen LogP contribution in [0.15, 0.2) is 5.38 Å². The zero-order valence-corrected chi connectivity index (χ0v) is 13.5. The van der Waals surface area contributed by atoms with Gasteiger partial charge in [0.05, 0.1) is 6.04 Å². The van der Waals surface area contributed by atoms with E-state index >= 15 is 0 Å². The Bertz CT molecular complexity index is 535. The molecule has 1 aromatic heterocycles. The van der Waals surface area contributed by atoms with Gasteiger partial charge in [0.1, 0.15) is 5.01 Å². The smallest absolute Gasteiger partial charge is 0.280 e. The predicted molar refractivity (Wildman–Crippen MR) is 80.7 cm³/mol. The third kappa shape index (κ3) is 3.76. The summed E-state index contributed by atoms with van der Waals surface area (Å²) in [6.45, 7) is 5.44. The van der Waals surface area contributed by atoms with Gasteiger partial charge in [-0.05, 0) is 39.2 Å². The van der Waals surface area contributed by atoms with E-state index in [0.29, 0.717) is 25.6 Å². The molecule has 0 amide bonds. The summed E-state index contributed by atoms with van der Waals surface area (Å²) in [5.74, 6) is 0.445. The number of rotatable bonds is 5. The molecule has 1 aromatic rings. The maximum atomic E-state index is 12.3. The summed E-state index contributed by atoms with van der Waals surface area (Å²) in [6.07, 6.45) is 1.67. The Labute approximate surface area is 124 Å². The molecule has 0 saturated carbocycles. The maximum Gasteiger partial charge on any atom is 0.280 e. The second kappa shape index (κ2) is 6.48. The zero-order valence-electron chi connectivity index (χ0n) is 11.9. The van der Waals surface area contributed by atoms with Gasteiger partial charge in [0.25, 0.3) is 10.2 Å². The van der Waals surface area contributed by atoms with Crippen LogP contribution in [-0.4, -0.2) is 37.3 Å². The van der Waals surface area contributed by atoms with Crippen LogP contribution in [-0.2, 0) is 10.2 Å². The zero-order chi connectivity index (χ0) is 14.8. The van der Waals surface area contributed by atoms with Crippen LogP contribution in [0, 0.1) is 12.8 Å². The number of hydrogen-bond acceptors (Lipinski definition) is 5. The van der Waals surface area contributed by atoms with Crippen LogP contribution in [0.1, 0.15) is 36.5 Å². The maximum absolute atomic E-state index is 12.3. The van der Waals surface area contributed by atoms with E-state index in [1.807, 2.05) is 19.2 Å². The minimum absolute atomic E-state index is 0.300. The highest BCUT2D eigenvalue weighted by Gasteiger charge is 2.29. The fraction of sp³-hybridized carbons (Fsp3) is 0.750. The molecule has 8 heteroatoms. The molecule has 1 saturated heterocycles. The highest BCUT2D eigenvalue weighted by molar-refractivity contribution is 7.87. The van der Waals surface area contributed by atoms with Crippen molar-refractivity contribution in [3.05, 3.63) is 16.1 Å². The SMILES string of the molecule is Cc1csc(C(C)NS(=O)(=O)N2CCC(CN)CC2)n1. The average molecular weight is 318 g/mol. The lowest BCUT2D eigenvalue weighted by atomic mass is 9.99. The van der Waals surface area contributed by atoms with Crippen molar-refractivity contribution in [2.24, 2.45) is 11.7 Å². The molecule has 6 nitrogen and oxygen atoms in total. The Hall–Kier alpha value is -0.540. The third-order valence-electron chi connectivity index (χ3n) is 3.58. The van der Waals surface area contributed by atoms with Crippen molar-refractivity contribution in [1.29, 1.82) is 0 Å². The normalized spacial score (nSPS) is 20.1. The van der Waals surface area contributed by atoms with Gasteiger partial charge in [-0.25, -0.2) is 4.98 Å². The second-order valence-corrected chi connectivity index (χ2v) is 7.84. The predicted octanol–water partition coefficient (Wildman–Crippen LogP) is 1.02. The van der Waals surface area contributed by atoms with Crippen LogP contribution < -0.4 is 10.5 Å². The molecule has 1 fully saturated rings. The molecule has 2 heterocycles. The summed E-state index contributed by atoms with van der Waals surface area (Å²) < 4.78 is 28.9. The van der Waals surface area contributed by atoms with E-state index in [9.17, 15) is 8.42 Å². The minimum Gasteiger partial charge on any atom is -0.330 e. The van der Waals surface area contributed by atoms with Gasteiger partial charge in [-0.3, -0.25) is 0 Å². The first kappa shape index (κ1) is 15.8. The largest absolute Gasteiger partial charge is 0.330 e. The molecular weight excluding hydrogens is 296 g/mol. The van der Waals surface area contributed by atoms with E-state index in [1.165, 1.54) is 15.6 Å². The molecule has 0 aliphatic carbocycles. The molecule has 20 heavy (non-hydrogen) atoms. The summed E-state index contributed by atoms with van der Waals surface area (Å²) >= 11 is 1.48. The lowest BCUT2D eigenvalue weighted by Crippen LogP contribution is -2.46. The molecule has 0 spiro atoms. The fourth-order valence-corrected chi connectivity index (χ4v) is 4.58. The van der Waals surface area contributed by atoms with Crippen molar-refractivity contribution in [2.45, 2.75) is 32.7 Å². The van der Waals surface area contributed by atoms with Crippen LogP contribution in [0.2, 0.25) is 0 Å². The van der Waals surface area contributed by atoms with Crippen molar-refractivity contribution in [3.63, 3.8) is 0 Å². The molecular formula is C12H22N4O2S2. The number of aromatic nitrogens is 1. The summed E-state index contributed by atoms with van der Waals surface area (Å²) in [7, 11) is -3.44. The summed E-state index contributed by atoms with van der Waals surface area (Å²) in [5, 5.41) is 2.72. The summed E-state index contributed by atoms with van der Waals surface area (Å²) in [6, 6.07) is -0.300. The lowest BCUT2D eigenvalue weighted by molar-refractivity contribution is 0.274. The van der Waals surface area contributed by atoms with Crippen molar-refractivity contribution < 1.29 is 8.42 Å².